The normalized spacial score (nSPS) is 19.9. The van der Waals surface area contributed by atoms with Gasteiger partial charge in [0.1, 0.15) is 5.56 Å². The second-order valence-electron chi connectivity index (χ2n) is 4.79. The lowest BCUT2D eigenvalue weighted by Gasteiger charge is -2.23. The summed E-state index contributed by atoms with van der Waals surface area (Å²) in [7, 11) is 0. The summed E-state index contributed by atoms with van der Waals surface area (Å²) in [6.07, 6.45) is 0.892. The summed E-state index contributed by atoms with van der Waals surface area (Å²) < 4.78 is 44.1. The topological polar surface area (TPSA) is 34.1 Å². The van der Waals surface area contributed by atoms with Gasteiger partial charge in [0, 0.05) is 16.7 Å². The molecule has 2 heterocycles. The maximum atomic E-state index is 12.9. The van der Waals surface area contributed by atoms with Crippen molar-refractivity contribution in [2.24, 2.45) is 0 Å². The zero-order valence-corrected chi connectivity index (χ0v) is 12.4. The van der Waals surface area contributed by atoms with Crippen LogP contribution < -0.4 is 10.1 Å². The molecule has 0 aliphatic carbocycles. The molecule has 1 aliphatic rings. The van der Waals surface area contributed by atoms with Gasteiger partial charge in [-0.2, -0.15) is 13.2 Å². The lowest BCUT2D eigenvalue weighted by molar-refractivity contribution is -0.139. The Labute approximate surface area is 124 Å². The molecule has 0 saturated carbocycles. The number of aromatic nitrogens is 1. The molecule has 0 spiro atoms. The molecule has 1 unspecified atom stereocenters. The van der Waals surface area contributed by atoms with Crippen molar-refractivity contribution in [3.8, 4) is 5.88 Å². The van der Waals surface area contributed by atoms with Crippen LogP contribution in [0, 0.1) is 0 Å². The first-order chi connectivity index (χ1) is 9.47. The lowest BCUT2D eigenvalue weighted by atomic mass is 10.0. The summed E-state index contributed by atoms with van der Waals surface area (Å²) in [4.78, 5) is 3.72. The predicted octanol–water partition coefficient (Wildman–Crippen LogP) is 3.77. The summed E-state index contributed by atoms with van der Waals surface area (Å²) in [5, 5.41) is 3.33. The maximum Gasteiger partial charge on any atom is 0.421 e. The molecule has 0 amide bonds. The Morgan fingerprint density at radius 1 is 1.40 bits per heavy atom. The first-order valence-corrected chi connectivity index (χ1v) is 7.35. The molecule has 1 saturated heterocycles. The molecule has 1 fully saturated rings. The van der Waals surface area contributed by atoms with Crippen molar-refractivity contribution in [1.82, 2.24) is 10.3 Å². The lowest BCUT2D eigenvalue weighted by Crippen LogP contribution is -2.35. The van der Waals surface area contributed by atoms with Crippen molar-refractivity contribution in [2.75, 3.05) is 13.2 Å². The average Bonchev–Trinajstić information content (AvgIpc) is 2.40. The highest BCUT2D eigenvalue weighted by atomic mass is 79.9. The maximum absolute atomic E-state index is 12.9. The van der Waals surface area contributed by atoms with Gasteiger partial charge in [-0.1, -0.05) is 6.42 Å². The first-order valence-electron chi connectivity index (χ1n) is 6.56. The minimum Gasteiger partial charge on any atom is -0.477 e. The fraction of sp³-hybridized carbons (Fsp3) is 0.615. The van der Waals surface area contributed by atoms with Gasteiger partial charge in [-0.05, 0) is 47.8 Å². The Balaban J connectivity index is 1.95. The van der Waals surface area contributed by atoms with Crippen LogP contribution in [0.15, 0.2) is 16.7 Å². The highest BCUT2D eigenvalue weighted by Crippen LogP contribution is 2.36. The SMILES string of the molecule is FC(F)(F)c1cc(Br)cnc1OCCC1CCCCN1. The fourth-order valence-corrected chi connectivity index (χ4v) is 2.54. The molecule has 7 heteroatoms. The molecule has 0 bridgehead atoms. The van der Waals surface area contributed by atoms with E-state index in [9.17, 15) is 13.2 Å². The molecule has 1 aromatic heterocycles. The number of nitrogens with zero attached hydrogens (tertiary/aromatic N) is 1. The summed E-state index contributed by atoms with van der Waals surface area (Å²) in [6.45, 7) is 1.20. The van der Waals surface area contributed by atoms with E-state index in [-0.39, 0.29) is 17.0 Å². The zero-order valence-electron chi connectivity index (χ0n) is 10.8. The van der Waals surface area contributed by atoms with Gasteiger partial charge in [-0.25, -0.2) is 4.98 Å². The second kappa shape index (κ2) is 6.76. The van der Waals surface area contributed by atoms with E-state index >= 15 is 0 Å². The van der Waals surface area contributed by atoms with Crippen LogP contribution in [0.3, 0.4) is 0 Å². The molecule has 0 radical (unpaired) electrons. The molecule has 1 N–H and O–H groups in total. The van der Waals surface area contributed by atoms with Crippen LogP contribution in [-0.2, 0) is 6.18 Å². The predicted molar refractivity (Wildman–Crippen MR) is 72.7 cm³/mol. The molecule has 112 valence electrons. The second-order valence-corrected chi connectivity index (χ2v) is 5.70. The van der Waals surface area contributed by atoms with E-state index in [1.54, 1.807) is 0 Å². The number of halogens is 4. The molecule has 2 rings (SSSR count). The Hall–Kier alpha value is -0.820. The van der Waals surface area contributed by atoms with Gasteiger partial charge in [0.05, 0.1) is 6.61 Å². The highest BCUT2D eigenvalue weighted by molar-refractivity contribution is 9.10. The summed E-state index contributed by atoms with van der Waals surface area (Å²) >= 11 is 2.99. The summed E-state index contributed by atoms with van der Waals surface area (Å²) in [5.41, 5.74) is -0.844. The van der Waals surface area contributed by atoms with Crippen molar-refractivity contribution in [2.45, 2.75) is 37.9 Å². The summed E-state index contributed by atoms with van der Waals surface area (Å²) in [6, 6.07) is 1.31. The van der Waals surface area contributed by atoms with Crippen LogP contribution in [0.2, 0.25) is 0 Å². The van der Waals surface area contributed by atoms with E-state index in [4.69, 9.17) is 4.74 Å². The van der Waals surface area contributed by atoms with E-state index in [1.165, 1.54) is 6.20 Å². The van der Waals surface area contributed by atoms with Crippen molar-refractivity contribution >= 4 is 15.9 Å². The Bertz CT molecular complexity index is 448. The molecule has 3 nitrogen and oxygen atoms in total. The van der Waals surface area contributed by atoms with Crippen LogP contribution in [0.4, 0.5) is 13.2 Å². The van der Waals surface area contributed by atoms with Gasteiger partial charge in [0.25, 0.3) is 0 Å². The van der Waals surface area contributed by atoms with Crippen LogP contribution in [0.1, 0.15) is 31.2 Å². The van der Waals surface area contributed by atoms with E-state index < -0.39 is 11.7 Å². The van der Waals surface area contributed by atoms with Gasteiger partial charge >= 0.3 is 6.18 Å². The Morgan fingerprint density at radius 3 is 2.85 bits per heavy atom. The third-order valence-electron chi connectivity index (χ3n) is 3.24. The van der Waals surface area contributed by atoms with Gasteiger partial charge in [0.15, 0.2) is 0 Å². The monoisotopic (exact) mass is 352 g/mol. The highest BCUT2D eigenvalue weighted by Gasteiger charge is 2.35. The Morgan fingerprint density at radius 2 is 2.20 bits per heavy atom. The molecular weight excluding hydrogens is 337 g/mol. The van der Waals surface area contributed by atoms with Gasteiger partial charge < -0.3 is 10.1 Å². The van der Waals surface area contributed by atoms with Crippen molar-refractivity contribution in [1.29, 1.82) is 0 Å². The number of alkyl halides is 3. The molecule has 0 aromatic carbocycles. The molecule has 1 aliphatic heterocycles. The minimum atomic E-state index is -4.46. The molecular formula is C13H16BrF3N2O. The van der Waals surface area contributed by atoms with Gasteiger partial charge in [-0.15, -0.1) is 0 Å². The van der Waals surface area contributed by atoms with Gasteiger partial charge in [-0.3, -0.25) is 0 Å². The quantitative estimate of drug-likeness (QED) is 0.895. The number of hydrogen-bond donors (Lipinski definition) is 1. The van der Waals surface area contributed by atoms with Crippen LogP contribution in [-0.4, -0.2) is 24.2 Å². The van der Waals surface area contributed by atoms with Crippen molar-refractivity contribution in [3.63, 3.8) is 0 Å². The van der Waals surface area contributed by atoms with E-state index in [1.807, 2.05) is 0 Å². The standard InChI is InChI=1S/C13H16BrF3N2O/c14-9-7-11(13(15,16)17)12(19-8-9)20-6-4-10-3-1-2-5-18-10/h7-8,10,18H,1-6H2. The van der Waals surface area contributed by atoms with Crippen LogP contribution in [0.5, 0.6) is 5.88 Å². The van der Waals surface area contributed by atoms with Crippen molar-refractivity contribution < 1.29 is 17.9 Å². The molecule has 20 heavy (non-hydrogen) atoms. The number of nitrogens with one attached hydrogen (secondary N) is 1. The average molecular weight is 353 g/mol. The van der Waals surface area contributed by atoms with E-state index in [0.29, 0.717) is 12.5 Å². The number of pyridine rings is 1. The fourth-order valence-electron chi connectivity index (χ4n) is 2.21. The van der Waals surface area contributed by atoms with Crippen LogP contribution >= 0.6 is 15.9 Å². The van der Waals surface area contributed by atoms with Crippen molar-refractivity contribution in [3.05, 3.63) is 22.3 Å². The first kappa shape index (κ1) is 15.6. The smallest absolute Gasteiger partial charge is 0.421 e. The van der Waals surface area contributed by atoms with Crippen LogP contribution in [0.25, 0.3) is 0 Å². The van der Waals surface area contributed by atoms with Gasteiger partial charge in [0.2, 0.25) is 5.88 Å². The molecule has 1 atom stereocenters. The third-order valence-corrected chi connectivity index (χ3v) is 3.67. The minimum absolute atomic E-state index is 0.232. The largest absolute Gasteiger partial charge is 0.477 e. The van der Waals surface area contributed by atoms with E-state index in [2.05, 4.69) is 26.2 Å². The van der Waals surface area contributed by atoms with E-state index in [0.717, 1.165) is 31.9 Å². The third kappa shape index (κ3) is 4.34. The Kier molecular flexibility index (Phi) is 5.26. The number of hydrogen-bond acceptors (Lipinski definition) is 3. The molecule has 1 aromatic rings. The number of rotatable bonds is 4. The number of piperidine rings is 1. The number of ether oxygens (including phenoxy) is 1. The summed E-state index contributed by atoms with van der Waals surface area (Å²) in [5.74, 6) is -0.350. The zero-order chi connectivity index (χ0) is 14.6.